The number of thiophene rings is 1. The van der Waals surface area contributed by atoms with Gasteiger partial charge in [-0.1, -0.05) is 12.2 Å². The lowest BCUT2D eigenvalue weighted by atomic mass is 10.1. The molecule has 0 amide bonds. The second-order valence-corrected chi connectivity index (χ2v) is 4.96. The maximum Gasteiger partial charge on any atom is 0.100 e. The monoisotopic (exact) mass is 234 g/mol. The molecule has 4 heteroatoms. The zero-order valence-electron chi connectivity index (χ0n) is 8.89. The van der Waals surface area contributed by atoms with Crippen LogP contribution in [0.1, 0.15) is 16.9 Å². The molecule has 0 aliphatic heterocycles. The molecule has 1 aromatic heterocycles. The Labute approximate surface area is 99.0 Å². The van der Waals surface area contributed by atoms with Crippen LogP contribution < -0.4 is 5.32 Å². The van der Waals surface area contributed by atoms with Gasteiger partial charge < -0.3 is 10.4 Å². The van der Waals surface area contributed by atoms with Crippen LogP contribution in [0, 0.1) is 17.2 Å². The highest BCUT2D eigenvalue weighted by Crippen LogP contribution is 2.19. The third kappa shape index (κ3) is 2.70. The van der Waals surface area contributed by atoms with Crippen LogP contribution in [-0.4, -0.2) is 17.8 Å². The number of nitrogens with one attached hydrogen (secondary N) is 1. The number of aliphatic hydroxyl groups is 1. The summed E-state index contributed by atoms with van der Waals surface area (Å²) >= 11 is 1.61. The van der Waals surface area contributed by atoms with E-state index in [9.17, 15) is 0 Å². The van der Waals surface area contributed by atoms with Gasteiger partial charge in [-0.3, -0.25) is 0 Å². The molecule has 84 valence electrons. The molecule has 3 nitrogen and oxygen atoms in total. The van der Waals surface area contributed by atoms with E-state index in [-0.39, 0.29) is 6.61 Å². The van der Waals surface area contributed by atoms with Crippen molar-refractivity contribution in [1.82, 2.24) is 5.32 Å². The lowest BCUT2D eigenvalue weighted by Crippen LogP contribution is -2.25. The minimum Gasteiger partial charge on any atom is -0.396 e. The minimum atomic E-state index is 0.228. The summed E-state index contributed by atoms with van der Waals surface area (Å²) in [6, 6.07) is 4.40. The molecule has 1 aliphatic rings. The van der Waals surface area contributed by atoms with E-state index >= 15 is 0 Å². The van der Waals surface area contributed by atoms with E-state index in [0.717, 1.165) is 18.5 Å². The van der Waals surface area contributed by atoms with E-state index in [1.54, 1.807) is 11.3 Å². The van der Waals surface area contributed by atoms with Crippen molar-refractivity contribution in [2.45, 2.75) is 19.0 Å². The second kappa shape index (κ2) is 5.26. The molecule has 0 fully saturated rings. The highest BCUT2D eigenvalue weighted by molar-refractivity contribution is 7.10. The van der Waals surface area contributed by atoms with Crippen molar-refractivity contribution in [3.63, 3.8) is 0 Å². The maximum absolute atomic E-state index is 8.99. The lowest BCUT2D eigenvalue weighted by Gasteiger charge is -2.11. The van der Waals surface area contributed by atoms with Gasteiger partial charge >= 0.3 is 0 Å². The highest BCUT2D eigenvalue weighted by Gasteiger charge is 2.17. The van der Waals surface area contributed by atoms with Crippen LogP contribution in [-0.2, 0) is 6.54 Å². The van der Waals surface area contributed by atoms with Crippen LogP contribution in [0.4, 0.5) is 0 Å². The Morgan fingerprint density at radius 1 is 1.56 bits per heavy atom. The summed E-state index contributed by atoms with van der Waals surface area (Å²) < 4.78 is 0. The van der Waals surface area contributed by atoms with Crippen molar-refractivity contribution in [3.8, 4) is 6.07 Å². The SMILES string of the molecule is N#Cc1csc(CN[C@@H]2C=C[C@H](CO)C2)c1. The molecule has 1 aliphatic carbocycles. The first-order valence-electron chi connectivity index (χ1n) is 5.32. The number of rotatable bonds is 4. The Morgan fingerprint density at radius 2 is 2.44 bits per heavy atom. The fraction of sp³-hybridized carbons (Fsp3) is 0.417. The fourth-order valence-electron chi connectivity index (χ4n) is 1.82. The smallest absolute Gasteiger partial charge is 0.100 e. The van der Waals surface area contributed by atoms with Gasteiger partial charge in [0.2, 0.25) is 0 Å². The average Bonchev–Trinajstić information content (AvgIpc) is 2.95. The lowest BCUT2D eigenvalue weighted by molar-refractivity contribution is 0.246. The quantitative estimate of drug-likeness (QED) is 0.779. The first kappa shape index (κ1) is 11.3. The standard InChI is InChI=1S/C12H14N2OS/c13-5-10-4-12(16-8-10)6-14-11-2-1-9(3-11)7-15/h1-2,4,8-9,11,14-15H,3,6-7H2/t9-,11+/m0/s1. The van der Waals surface area contributed by atoms with Crippen LogP contribution in [0.3, 0.4) is 0 Å². The third-order valence-electron chi connectivity index (χ3n) is 2.73. The van der Waals surface area contributed by atoms with Gasteiger partial charge in [-0.05, 0) is 12.5 Å². The molecule has 0 saturated carbocycles. The van der Waals surface area contributed by atoms with E-state index in [4.69, 9.17) is 10.4 Å². The molecule has 0 unspecified atom stereocenters. The fourth-order valence-corrected chi connectivity index (χ4v) is 2.59. The summed E-state index contributed by atoms with van der Waals surface area (Å²) in [5.41, 5.74) is 0.733. The molecular weight excluding hydrogens is 220 g/mol. The summed E-state index contributed by atoms with van der Waals surface area (Å²) in [5.74, 6) is 0.301. The van der Waals surface area contributed by atoms with Crippen molar-refractivity contribution in [3.05, 3.63) is 34.0 Å². The molecule has 1 aromatic rings. The summed E-state index contributed by atoms with van der Waals surface area (Å²) in [6.45, 7) is 1.02. The van der Waals surface area contributed by atoms with Crippen LogP contribution in [0.15, 0.2) is 23.6 Å². The Bertz CT molecular complexity index is 419. The molecular formula is C12H14N2OS. The van der Waals surface area contributed by atoms with Gasteiger partial charge in [0.1, 0.15) is 6.07 Å². The van der Waals surface area contributed by atoms with Gasteiger partial charge in [-0.25, -0.2) is 0 Å². The van der Waals surface area contributed by atoms with Gasteiger partial charge in [0.15, 0.2) is 0 Å². The molecule has 0 spiro atoms. The second-order valence-electron chi connectivity index (χ2n) is 3.96. The largest absolute Gasteiger partial charge is 0.396 e. The molecule has 16 heavy (non-hydrogen) atoms. The normalized spacial score (nSPS) is 23.5. The van der Waals surface area contributed by atoms with E-state index in [2.05, 4.69) is 23.5 Å². The van der Waals surface area contributed by atoms with Gasteiger partial charge in [0, 0.05) is 35.4 Å². The van der Waals surface area contributed by atoms with Crippen molar-refractivity contribution < 1.29 is 5.11 Å². The Kier molecular flexibility index (Phi) is 3.73. The molecule has 0 saturated heterocycles. The first-order chi connectivity index (χ1) is 7.81. The summed E-state index contributed by atoms with van der Waals surface area (Å²) in [7, 11) is 0. The van der Waals surface area contributed by atoms with Crippen LogP contribution >= 0.6 is 11.3 Å². The molecule has 0 radical (unpaired) electrons. The Hall–Kier alpha value is -1.15. The van der Waals surface area contributed by atoms with Crippen LogP contribution in [0.5, 0.6) is 0 Å². The van der Waals surface area contributed by atoms with E-state index in [1.165, 1.54) is 4.88 Å². The first-order valence-corrected chi connectivity index (χ1v) is 6.20. The summed E-state index contributed by atoms with van der Waals surface area (Å²) in [4.78, 5) is 1.18. The summed E-state index contributed by atoms with van der Waals surface area (Å²) in [5, 5.41) is 23.0. The number of hydrogen-bond donors (Lipinski definition) is 2. The summed E-state index contributed by atoms with van der Waals surface area (Å²) in [6.07, 6.45) is 5.14. The number of aliphatic hydroxyl groups excluding tert-OH is 1. The molecule has 2 rings (SSSR count). The number of nitriles is 1. The van der Waals surface area contributed by atoms with E-state index < -0.39 is 0 Å². The van der Waals surface area contributed by atoms with Crippen molar-refractivity contribution in [2.24, 2.45) is 5.92 Å². The van der Waals surface area contributed by atoms with Crippen molar-refractivity contribution in [2.75, 3.05) is 6.61 Å². The third-order valence-corrected chi connectivity index (χ3v) is 3.66. The van der Waals surface area contributed by atoms with Gasteiger partial charge in [0.25, 0.3) is 0 Å². The molecule has 2 atom stereocenters. The van der Waals surface area contributed by atoms with E-state index in [1.807, 2.05) is 11.4 Å². The molecule has 1 heterocycles. The Balaban J connectivity index is 1.80. The van der Waals surface area contributed by atoms with Crippen molar-refractivity contribution in [1.29, 1.82) is 5.26 Å². The molecule has 2 N–H and O–H groups in total. The van der Waals surface area contributed by atoms with E-state index in [0.29, 0.717) is 12.0 Å². The molecule has 0 aromatic carbocycles. The highest BCUT2D eigenvalue weighted by atomic mass is 32.1. The maximum atomic E-state index is 8.99. The predicted molar refractivity (Wildman–Crippen MR) is 64.0 cm³/mol. The Morgan fingerprint density at radius 3 is 3.06 bits per heavy atom. The van der Waals surface area contributed by atoms with Crippen LogP contribution in [0.2, 0.25) is 0 Å². The van der Waals surface area contributed by atoms with Gasteiger partial charge in [-0.2, -0.15) is 5.26 Å². The predicted octanol–water partition coefficient (Wildman–Crippen LogP) is 1.65. The zero-order chi connectivity index (χ0) is 11.4. The van der Waals surface area contributed by atoms with Gasteiger partial charge in [0.05, 0.1) is 5.56 Å². The number of hydrogen-bond acceptors (Lipinski definition) is 4. The zero-order valence-corrected chi connectivity index (χ0v) is 9.70. The average molecular weight is 234 g/mol. The van der Waals surface area contributed by atoms with Gasteiger partial charge in [-0.15, -0.1) is 11.3 Å². The number of nitrogens with zero attached hydrogens (tertiary/aromatic N) is 1. The van der Waals surface area contributed by atoms with Crippen LogP contribution in [0.25, 0.3) is 0 Å². The molecule has 0 bridgehead atoms. The topological polar surface area (TPSA) is 56.0 Å². The van der Waals surface area contributed by atoms with Crippen molar-refractivity contribution >= 4 is 11.3 Å². The minimum absolute atomic E-state index is 0.228.